The summed E-state index contributed by atoms with van der Waals surface area (Å²) in [6, 6.07) is 3.85. The van der Waals surface area contributed by atoms with E-state index in [2.05, 4.69) is 79.3 Å². The van der Waals surface area contributed by atoms with Crippen LogP contribution in [-0.2, 0) is 35.3 Å². The van der Waals surface area contributed by atoms with Crippen LogP contribution in [-0.4, -0.2) is 147 Å². The van der Waals surface area contributed by atoms with Gasteiger partial charge in [0, 0.05) is 149 Å². The van der Waals surface area contributed by atoms with Gasteiger partial charge in [-0.05, 0) is 43.4 Å². The molecule has 1 aromatic rings. The molecule has 0 unspecified atom stereocenters. The first-order valence-electron chi connectivity index (χ1n) is 26.8. The number of nitrogens with zero attached hydrogens (tertiary/aromatic N) is 4. The largest absolute Gasteiger partial charge is 0.356 e. The molecule has 390 valence electrons. The second-order valence-corrected chi connectivity index (χ2v) is 18.2. The van der Waals surface area contributed by atoms with Crippen molar-refractivity contribution in [2.45, 2.75) is 175 Å². The lowest BCUT2D eigenvalue weighted by atomic mass is 10.2. The average Bonchev–Trinajstić information content (AvgIpc) is 3.33. The monoisotopic (exact) mass is 957 g/mol. The zero-order chi connectivity index (χ0) is 49.7. The summed E-state index contributed by atoms with van der Waals surface area (Å²) < 4.78 is 0. The van der Waals surface area contributed by atoms with Crippen LogP contribution >= 0.6 is 0 Å². The number of aromatic nitrogens is 1. The van der Waals surface area contributed by atoms with Crippen LogP contribution in [0.25, 0.3) is 0 Å². The minimum absolute atomic E-state index is 0.00468. The van der Waals surface area contributed by atoms with E-state index in [4.69, 9.17) is 0 Å². The molecule has 16 nitrogen and oxygen atoms in total. The second-order valence-electron chi connectivity index (χ2n) is 18.2. The lowest BCUT2D eigenvalue weighted by Crippen LogP contribution is -2.40. The Morgan fingerprint density at radius 1 is 0.353 bits per heavy atom. The highest BCUT2D eigenvalue weighted by molar-refractivity contribution is 5.78. The van der Waals surface area contributed by atoms with E-state index in [9.17, 15) is 28.8 Å². The predicted octanol–water partition coefficient (Wildman–Crippen LogP) is 5.85. The number of carbonyl (C=O) groups excluding carboxylic acids is 6. The van der Waals surface area contributed by atoms with E-state index < -0.39 is 0 Å². The number of hydrogen-bond donors (Lipinski definition) is 6. The van der Waals surface area contributed by atoms with Gasteiger partial charge in [-0.1, -0.05) is 105 Å². The molecule has 0 atom stereocenters. The smallest absolute Gasteiger partial charge is 0.221 e. The zero-order valence-electron chi connectivity index (χ0n) is 43.2. The van der Waals surface area contributed by atoms with Crippen LogP contribution in [0.3, 0.4) is 0 Å². The summed E-state index contributed by atoms with van der Waals surface area (Å²) in [4.78, 5) is 87.2. The van der Waals surface area contributed by atoms with Gasteiger partial charge in [0.15, 0.2) is 0 Å². The molecule has 0 bridgehead atoms. The molecule has 6 N–H and O–H groups in total. The van der Waals surface area contributed by atoms with E-state index >= 15 is 0 Å². The Morgan fingerprint density at radius 2 is 0.618 bits per heavy atom. The summed E-state index contributed by atoms with van der Waals surface area (Å²) in [5.74, 6) is -0.242. The molecule has 16 heteroatoms. The van der Waals surface area contributed by atoms with Gasteiger partial charge in [0.2, 0.25) is 35.4 Å². The van der Waals surface area contributed by atoms with E-state index in [1.54, 1.807) is 12.4 Å². The highest BCUT2D eigenvalue weighted by atomic mass is 16.2. The average molecular weight is 957 g/mol. The maximum absolute atomic E-state index is 13.2. The van der Waals surface area contributed by atoms with Crippen LogP contribution in [0.15, 0.2) is 24.5 Å². The van der Waals surface area contributed by atoms with Crippen molar-refractivity contribution in [2.75, 3.05) is 91.6 Å². The molecule has 0 radical (unpaired) electrons. The predicted molar refractivity (Wildman–Crippen MR) is 275 cm³/mol. The summed E-state index contributed by atoms with van der Waals surface area (Å²) in [5.41, 5.74) is 1.03. The van der Waals surface area contributed by atoms with Gasteiger partial charge in [0.05, 0.1) is 0 Å². The third kappa shape index (κ3) is 37.8. The van der Waals surface area contributed by atoms with Gasteiger partial charge in [-0.3, -0.25) is 38.7 Å². The van der Waals surface area contributed by atoms with Crippen LogP contribution in [0.1, 0.15) is 175 Å². The number of hydrogen-bond acceptors (Lipinski definition) is 10. The molecule has 0 aliphatic carbocycles. The van der Waals surface area contributed by atoms with Gasteiger partial charge in [0.25, 0.3) is 0 Å². The maximum Gasteiger partial charge on any atom is 0.221 e. The Balaban J connectivity index is 2.73. The molecule has 1 heterocycles. The standard InChI is InChI=1S/C52H96N10O6/c1-5-9-13-17-29-54-47(63)23-37-60(38-24-48(64)55-30-18-14-10-6-2)43-35-58-51(67)27-41-62(45-46-21-33-53-34-22-46)42-28-52(68)59-36-44-61(39-25-49(65)56-31-19-15-11-7-3)40-26-50(66)57-32-20-16-12-8-4/h21-22,33-34H,5-20,23-32,35-45H2,1-4H3,(H,54,63)(H,55,64)(H,56,65)(H,57,66)(H,58,67)(H,59,68). The van der Waals surface area contributed by atoms with Crippen LogP contribution in [0.4, 0.5) is 0 Å². The highest BCUT2D eigenvalue weighted by Crippen LogP contribution is 2.07. The van der Waals surface area contributed by atoms with Crippen LogP contribution in [0.2, 0.25) is 0 Å². The van der Waals surface area contributed by atoms with Crippen molar-refractivity contribution in [1.82, 2.24) is 51.6 Å². The van der Waals surface area contributed by atoms with Crippen molar-refractivity contribution in [1.29, 1.82) is 0 Å². The molecular formula is C52H96N10O6. The van der Waals surface area contributed by atoms with E-state index in [1.807, 2.05) is 12.1 Å². The maximum atomic E-state index is 13.2. The molecule has 0 saturated carbocycles. The Bertz CT molecular complexity index is 1310. The number of unbranched alkanes of at least 4 members (excludes halogenated alkanes) is 12. The fraction of sp³-hybridized carbons (Fsp3) is 0.788. The fourth-order valence-corrected chi connectivity index (χ4v) is 7.60. The number of carbonyl (C=O) groups is 6. The van der Waals surface area contributed by atoms with Gasteiger partial charge in [-0.15, -0.1) is 0 Å². The van der Waals surface area contributed by atoms with Crippen molar-refractivity contribution < 1.29 is 28.8 Å². The number of pyridine rings is 1. The Hall–Kier alpha value is -4.15. The summed E-state index contributed by atoms with van der Waals surface area (Å²) >= 11 is 0. The van der Waals surface area contributed by atoms with Crippen molar-refractivity contribution in [3.63, 3.8) is 0 Å². The topological polar surface area (TPSA) is 197 Å². The van der Waals surface area contributed by atoms with Gasteiger partial charge in [-0.2, -0.15) is 0 Å². The first kappa shape index (κ1) is 61.9. The number of nitrogens with one attached hydrogen (secondary N) is 6. The van der Waals surface area contributed by atoms with Crippen LogP contribution < -0.4 is 31.9 Å². The van der Waals surface area contributed by atoms with Gasteiger partial charge >= 0.3 is 0 Å². The molecule has 68 heavy (non-hydrogen) atoms. The van der Waals surface area contributed by atoms with E-state index in [1.165, 1.54) is 0 Å². The van der Waals surface area contributed by atoms with E-state index in [-0.39, 0.29) is 48.3 Å². The number of rotatable bonds is 46. The molecule has 0 aliphatic heterocycles. The van der Waals surface area contributed by atoms with E-state index in [0.717, 1.165) is 108 Å². The van der Waals surface area contributed by atoms with Crippen LogP contribution in [0.5, 0.6) is 0 Å². The van der Waals surface area contributed by atoms with Gasteiger partial charge in [-0.25, -0.2) is 0 Å². The normalized spacial score (nSPS) is 11.2. The summed E-state index contributed by atoms with van der Waals surface area (Å²) in [6.45, 7) is 16.5. The summed E-state index contributed by atoms with van der Waals surface area (Å²) in [6.07, 6.45) is 22.7. The third-order valence-electron chi connectivity index (χ3n) is 12.0. The molecule has 0 aliphatic rings. The summed E-state index contributed by atoms with van der Waals surface area (Å²) in [5, 5.41) is 18.1. The lowest BCUT2D eigenvalue weighted by molar-refractivity contribution is -0.123. The Kier molecular flexibility index (Phi) is 40.1. The first-order valence-corrected chi connectivity index (χ1v) is 26.8. The Morgan fingerprint density at radius 3 is 0.897 bits per heavy atom. The fourth-order valence-electron chi connectivity index (χ4n) is 7.60. The molecular weight excluding hydrogens is 861 g/mol. The molecule has 0 spiro atoms. The van der Waals surface area contributed by atoms with Crippen LogP contribution in [0, 0.1) is 0 Å². The minimum Gasteiger partial charge on any atom is -0.356 e. The van der Waals surface area contributed by atoms with Crippen molar-refractivity contribution in [3.8, 4) is 0 Å². The van der Waals surface area contributed by atoms with Crippen molar-refractivity contribution in [3.05, 3.63) is 30.1 Å². The van der Waals surface area contributed by atoms with Crippen molar-refractivity contribution >= 4 is 35.4 Å². The van der Waals surface area contributed by atoms with Gasteiger partial charge in [0.1, 0.15) is 0 Å². The molecule has 1 aromatic heterocycles. The minimum atomic E-state index is -0.112. The first-order chi connectivity index (χ1) is 33.1. The third-order valence-corrected chi connectivity index (χ3v) is 12.0. The van der Waals surface area contributed by atoms with E-state index in [0.29, 0.717) is 124 Å². The molecule has 0 saturated heterocycles. The zero-order valence-corrected chi connectivity index (χ0v) is 43.2. The summed E-state index contributed by atoms with van der Waals surface area (Å²) in [7, 11) is 0. The molecule has 0 aromatic carbocycles. The molecule has 1 rings (SSSR count). The van der Waals surface area contributed by atoms with Gasteiger partial charge < -0.3 is 41.7 Å². The quantitative estimate of drug-likeness (QED) is 0.0432. The van der Waals surface area contributed by atoms with Crippen molar-refractivity contribution in [2.24, 2.45) is 0 Å². The SMILES string of the molecule is CCCCCCNC(=O)CCN(CCNC(=O)CCN(CCC(=O)NCCN(CCC(=O)NCCCCCC)CCC(=O)NCCCCCC)Cc1ccncc1)CCC(=O)NCCCCCC. The number of amides is 6. The highest BCUT2D eigenvalue weighted by Gasteiger charge is 2.16. The molecule has 0 fully saturated rings. The molecule has 6 amide bonds. The lowest BCUT2D eigenvalue weighted by Gasteiger charge is -2.24. The Labute approximate surface area is 411 Å². The second kappa shape index (κ2) is 44.1.